The summed E-state index contributed by atoms with van der Waals surface area (Å²) < 4.78 is 13.7. The van der Waals surface area contributed by atoms with Gasteiger partial charge >= 0.3 is 0 Å². The summed E-state index contributed by atoms with van der Waals surface area (Å²) in [6, 6.07) is 7.22. The van der Waals surface area contributed by atoms with Crippen molar-refractivity contribution < 1.29 is 13.6 Å². The highest BCUT2D eigenvalue weighted by atomic mass is 28.4. The second kappa shape index (κ2) is 10.1. The normalized spacial score (nSPS) is 37.2. The van der Waals surface area contributed by atoms with Crippen LogP contribution in [0.2, 0.25) is 39.3 Å². The van der Waals surface area contributed by atoms with E-state index in [0.29, 0.717) is 30.3 Å². The monoisotopic (exact) mass is 603 g/mol. The molecule has 0 saturated heterocycles. The van der Waals surface area contributed by atoms with Gasteiger partial charge in [0.05, 0.1) is 12.2 Å². The van der Waals surface area contributed by atoms with E-state index in [9.17, 15) is 4.79 Å². The van der Waals surface area contributed by atoms with E-state index in [1.807, 2.05) is 12.2 Å². The minimum atomic E-state index is -1.87. The van der Waals surface area contributed by atoms with Crippen molar-refractivity contribution in [1.82, 2.24) is 0 Å². The number of hydrogen-bond donors (Lipinski definition) is 0. The fourth-order valence-corrected chi connectivity index (χ4v) is 12.1. The zero-order valence-corrected chi connectivity index (χ0v) is 29.5. The summed E-state index contributed by atoms with van der Waals surface area (Å²) in [6.45, 7) is 17.1. The summed E-state index contributed by atoms with van der Waals surface area (Å²) in [6.07, 6.45) is 17.7. The van der Waals surface area contributed by atoms with Crippen LogP contribution in [0.15, 0.2) is 54.2 Å². The van der Waals surface area contributed by atoms with Crippen LogP contribution in [0.4, 0.5) is 5.69 Å². The lowest BCUT2D eigenvalue weighted by molar-refractivity contribution is -0.113. The molecule has 42 heavy (non-hydrogen) atoms. The number of benzene rings is 1. The van der Waals surface area contributed by atoms with E-state index in [4.69, 9.17) is 8.85 Å². The number of carbonyl (C=O) groups excluding carboxylic acids is 1. The number of rotatable bonds is 7. The average molecular weight is 604 g/mol. The summed E-state index contributed by atoms with van der Waals surface area (Å²) >= 11 is 0. The van der Waals surface area contributed by atoms with Gasteiger partial charge in [-0.05, 0) is 137 Å². The molecule has 1 aromatic rings. The van der Waals surface area contributed by atoms with Crippen LogP contribution in [0.1, 0.15) is 56.1 Å². The lowest BCUT2D eigenvalue weighted by Gasteiger charge is -2.64. The van der Waals surface area contributed by atoms with Gasteiger partial charge in [0.1, 0.15) is 0 Å². The predicted molar refractivity (Wildman–Crippen MR) is 179 cm³/mol. The maximum Gasteiger partial charge on any atom is 0.184 e. The van der Waals surface area contributed by atoms with Gasteiger partial charge in [-0.2, -0.15) is 0 Å². The van der Waals surface area contributed by atoms with E-state index < -0.39 is 16.6 Å². The summed E-state index contributed by atoms with van der Waals surface area (Å²) in [5.41, 5.74) is 5.43. The summed E-state index contributed by atoms with van der Waals surface area (Å²) in [5.74, 6) is 2.41. The number of carbonyl (C=O) groups is 1. The summed E-state index contributed by atoms with van der Waals surface area (Å²) in [7, 11) is 0.812. The molecule has 5 aliphatic carbocycles. The van der Waals surface area contributed by atoms with Crippen LogP contribution in [0.5, 0.6) is 0 Å². The molecule has 7 atom stereocenters. The molecule has 0 heterocycles. The van der Waals surface area contributed by atoms with Crippen LogP contribution in [0.3, 0.4) is 0 Å². The molecule has 3 saturated carbocycles. The van der Waals surface area contributed by atoms with Gasteiger partial charge in [-0.1, -0.05) is 36.8 Å². The largest absolute Gasteiger partial charge is 0.414 e. The van der Waals surface area contributed by atoms with Crippen molar-refractivity contribution in [3.05, 3.63) is 65.3 Å². The van der Waals surface area contributed by atoms with Crippen molar-refractivity contribution in [2.45, 2.75) is 96.2 Å². The maximum atomic E-state index is 12.7. The van der Waals surface area contributed by atoms with Gasteiger partial charge in [-0.3, -0.25) is 4.79 Å². The summed E-state index contributed by atoms with van der Waals surface area (Å²) in [4.78, 5) is 14.9. The first-order valence-corrected chi connectivity index (χ1v) is 23.2. The highest BCUT2D eigenvalue weighted by Gasteiger charge is 2.68. The van der Waals surface area contributed by atoms with Crippen molar-refractivity contribution in [2.24, 2.45) is 28.6 Å². The number of fused-ring (bicyclic) bond motifs is 4. The molecule has 0 bridgehead atoms. The SMILES string of the molecule is CN(C)c1ccc2c(c1)C[C@]13C=CC(=O)C=C1CC[C@@H]1C3C2C[C@@]2(C)[C@H]1CC[C@]2(/C=C\CO[Si](C)(C)C)O[Si](C)(C)C. The third-order valence-corrected chi connectivity index (χ3v) is 13.5. The van der Waals surface area contributed by atoms with Gasteiger partial charge in [-0.15, -0.1) is 0 Å². The molecule has 5 aliphatic rings. The van der Waals surface area contributed by atoms with Crippen molar-refractivity contribution in [3.63, 3.8) is 0 Å². The topological polar surface area (TPSA) is 38.8 Å². The molecule has 0 N–H and O–H groups in total. The Kier molecular flexibility index (Phi) is 7.32. The molecule has 0 aromatic heterocycles. The number of hydrogen-bond acceptors (Lipinski definition) is 4. The fraction of sp³-hybridized carbons (Fsp3) is 0.639. The number of anilines is 1. The van der Waals surface area contributed by atoms with E-state index in [1.54, 1.807) is 5.56 Å². The van der Waals surface area contributed by atoms with Gasteiger partial charge in [0.15, 0.2) is 22.4 Å². The van der Waals surface area contributed by atoms with Crippen LogP contribution in [-0.4, -0.2) is 48.7 Å². The van der Waals surface area contributed by atoms with Crippen molar-refractivity contribution in [3.8, 4) is 0 Å². The van der Waals surface area contributed by atoms with Crippen LogP contribution < -0.4 is 4.90 Å². The highest BCUT2D eigenvalue weighted by Crippen LogP contribution is 2.73. The molecule has 1 aromatic carbocycles. The van der Waals surface area contributed by atoms with E-state index in [-0.39, 0.29) is 22.2 Å². The van der Waals surface area contributed by atoms with Crippen molar-refractivity contribution >= 4 is 28.1 Å². The Labute approximate surface area is 256 Å². The third-order valence-electron chi connectivity index (χ3n) is 11.5. The molecular formula is C36H53NO3Si2. The molecule has 4 nitrogen and oxygen atoms in total. The molecule has 6 rings (SSSR count). The van der Waals surface area contributed by atoms with Crippen LogP contribution in [0.25, 0.3) is 0 Å². The second-order valence-electron chi connectivity index (χ2n) is 16.4. The lowest BCUT2D eigenvalue weighted by Crippen LogP contribution is -2.60. The number of ketones is 1. The van der Waals surface area contributed by atoms with E-state index in [1.165, 1.54) is 29.7 Å². The number of allylic oxidation sites excluding steroid dienone is 4. The average Bonchev–Trinajstić information content (AvgIpc) is 3.16. The Morgan fingerprint density at radius 3 is 2.52 bits per heavy atom. The smallest absolute Gasteiger partial charge is 0.184 e. The zero-order valence-electron chi connectivity index (χ0n) is 27.5. The molecular weight excluding hydrogens is 551 g/mol. The van der Waals surface area contributed by atoms with Gasteiger partial charge in [-0.25, -0.2) is 0 Å². The zero-order chi connectivity index (χ0) is 30.3. The Morgan fingerprint density at radius 1 is 1.07 bits per heavy atom. The predicted octanol–water partition coefficient (Wildman–Crippen LogP) is 8.29. The van der Waals surface area contributed by atoms with E-state index >= 15 is 0 Å². The van der Waals surface area contributed by atoms with E-state index in [0.717, 1.165) is 25.7 Å². The van der Waals surface area contributed by atoms with Gasteiger partial charge < -0.3 is 13.8 Å². The third kappa shape index (κ3) is 4.89. The van der Waals surface area contributed by atoms with Gasteiger partial charge in [0.2, 0.25) is 0 Å². The van der Waals surface area contributed by atoms with Gasteiger partial charge in [0, 0.05) is 30.6 Å². The van der Waals surface area contributed by atoms with Gasteiger partial charge in [0.25, 0.3) is 0 Å². The standard InChI is InChI=1S/C36H53NO3Si2/c1-34-24-31-29-14-12-27(37(2)3)21-25(29)23-35-18-15-28(38)22-26(35)11-13-30(33(31)35)32(34)16-19-36(34,40-42(7,8)9)17-10-20-39-41(4,5)6/h10,12,14-15,17-18,21-22,30-33H,11,13,16,19-20,23-24H2,1-9H3/b17-10-/t30-,31?,32-,33?,34-,35+,36-/m0/s1. The fourth-order valence-electron chi connectivity index (χ4n) is 10.0. The molecule has 0 radical (unpaired) electrons. The Morgan fingerprint density at radius 2 is 1.83 bits per heavy atom. The van der Waals surface area contributed by atoms with Crippen LogP contribution in [0, 0.1) is 28.6 Å². The highest BCUT2D eigenvalue weighted by molar-refractivity contribution is 6.70. The molecule has 0 aliphatic heterocycles. The van der Waals surface area contributed by atoms with E-state index in [2.05, 4.69) is 102 Å². The summed E-state index contributed by atoms with van der Waals surface area (Å²) in [5, 5.41) is 0. The first kappa shape index (κ1) is 30.3. The quantitative estimate of drug-likeness (QED) is 0.232. The number of nitrogens with zero attached hydrogens (tertiary/aromatic N) is 1. The molecule has 3 fully saturated rings. The molecule has 1 spiro atoms. The molecule has 2 unspecified atom stereocenters. The van der Waals surface area contributed by atoms with Crippen molar-refractivity contribution in [1.29, 1.82) is 0 Å². The minimum absolute atomic E-state index is 0.0351. The van der Waals surface area contributed by atoms with Crippen molar-refractivity contribution in [2.75, 3.05) is 25.6 Å². The van der Waals surface area contributed by atoms with Crippen LogP contribution >= 0.6 is 0 Å². The Hall–Kier alpha value is -1.74. The lowest BCUT2D eigenvalue weighted by atomic mass is 9.40. The Bertz CT molecular complexity index is 1350. The minimum Gasteiger partial charge on any atom is -0.414 e. The second-order valence-corrected chi connectivity index (χ2v) is 25.4. The first-order valence-electron chi connectivity index (χ1n) is 16.3. The Balaban J connectivity index is 1.48. The first-order chi connectivity index (χ1) is 19.6. The maximum absolute atomic E-state index is 12.7. The molecule has 228 valence electrons. The van der Waals surface area contributed by atoms with Crippen LogP contribution in [-0.2, 0) is 20.1 Å². The molecule has 0 amide bonds. The molecule has 6 heteroatoms.